The molecule has 0 radical (unpaired) electrons. The van der Waals surface area contributed by atoms with Crippen molar-refractivity contribution in [1.82, 2.24) is 15.0 Å². The fourth-order valence-electron chi connectivity index (χ4n) is 1.57. The van der Waals surface area contributed by atoms with E-state index in [2.05, 4.69) is 20.3 Å². The summed E-state index contributed by atoms with van der Waals surface area (Å²) in [7, 11) is 1.54. The lowest BCUT2D eigenvalue weighted by Gasteiger charge is -2.10. The van der Waals surface area contributed by atoms with Crippen molar-refractivity contribution in [2.75, 3.05) is 24.7 Å². The first-order chi connectivity index (χ1) is 8.81. The Labute approximate surface area is 105 Å². The fraction of sp³-hybridized carbons (Fsp3) is 0.250. The van der Waals surface area contributed by atoms with Gasteiger partial charge in [-0.25, -0.2) is 9.97 Å². The quantitative estimate of drug-likeness (QED) is 0.820. The second kappa shape index (κ2) is 5.81. The van der Waals surface area contributed by atoms with E-state index in [1.165, 1.54) is 6.33 Å². The summed E-state index contributed by atoms with van der Waals surface area (Å²) < 4.78 is 5.15. The predicted octanol–water partition coefficient (Wildman–Crippen LogP) is 1.12. The van der Waals surface area contributed by atoms with Crippen molar-refractivity contribution < 1.29 is 4.74 Å². The number of nitrogens with two attached hydrogens (primary N) is 1. The highest BCUT2D eigenvalue weighted by molar-refractivity contribution is 5.61. The van der Waals surface area contributed by atoms with E-state index in [0.29, 0.717) is 23.9 Å². The van der Waals surface area contributed by atoms with E-state index in [1.807, 2.05) is 18.2 Å². The molecule has 0 fully saturated rings. The maximum atomic E-state index is 5.69. The number of rotatable bonds is 5. The van der Waals surface area contributed by atoms with Gasteiger partial charge in [0.25, 0.3) is 0 Å². The lowest BCUT2D eigenvalue weighted by molar-refractivity contribution is 0.415. The number of hydrogen-bond donors (Lipinski definition) is 2. The molecule has 0 atom stereocenters. The monoisotopic (exact) mass is 245 g/mol. The lowest BCUT2D eigenvalue weighted by atomic mass is 10.3. The Balaban J connectivity index is 1.96. The average Bonchev–Trinajstić information content (AvgIpc) is 2.40. The Kier molecular flexibility index (Phi) is 3.90. The fourth-order valence-corrected chi connectivity index (χ4v) is 1.57. The molecule has 2 rings (SSSR count). The minimum absolute atomic E-state index is 0.327. The van der Waals surface area contributed by atoms with E-state index in [0.717, 1.165) is 12.1 Å². The highest BCUT2D eigenvalue weighted by Crippen LogP contribution is 2.25. The van der Waals surface area contributed by atoms with Crippen molar-refractivity contribution in [2.24, 2.45) is 0 Å². The van der Waals surface area contributed by atoms with Crippen molar-refractivity contribution in [1.29, 1.82) is 0 Å². The Hall–Kier alpha value is -2.37. The molecule has 0 aliphatic rings. The molecule has 0 amide bonds. The number of nitrogens with one attached hydrogen (secondary N) is 1. The molecule has 0 aromatic carbocycles. The van der Waals surface area contributed by atoms with E-state index >= 15 is 0 Å². The van der Waals surface area contributed by atoms with Crippen LogP contribution in [0.3, 0.4) is 0 Å². The summed E-state index contributed by atoms with van der Waals surface area (Å²) in [6.45, 7) is 0.698. The molecule has 0 spiro atoms. The number of methoxy groups -OCH3 is 1. The van der Waals surface area contributed by atoms with Gasteiger partial charge < -0.3 is 15.8 Å². The van der Waals surface area contributed by atoms with Gasteiger partial charge in [-0.1, -0.05) is 6.07 Å². The third kappa shape index (κ3) is 2.85. The van der Waals surface area contributed by atoms with Gasteiger partial charge in [0, 0.05) is 24.9 Å². The number of nitrogen functional groups attached to an aromatic ring is 1. The second-order valence-corrected chi connectivity index (χ2v) is 3.64. The largest absolute Gasteiger partial charge is 0.490 e. The smallest absolute Gasteiger partial charge is 0.203 e. The summed E-state index contributed by atoms with van der Waals surface area (Å²) in [6, 6.07) is 5.84. The van der Waals surface area contributed by atoms with Crippen molar-refractivity contribution in [3.05, 3.63) is 36.4 Å². The van der Waals surface area contributed by atoms with Crippen LogP contribution in [0.15, 0.2) is 30.7 Å². The van der Waals surface area contributed by atoms with E-state index in [-0.39, 0.29) is 0 Å². The molecule has 94 valence electrons. The molecule has 2 aromatic rings. The van der Waals surface area contributed by atoms with Crippen LogP contribution in [0.4, 0.5) is 11.6 Å². The molecule has 18 heavy (non-hydrogen) atoms. The minimum Gasteiger partial charge on any atom is -0.490 e. The molecule has 2 heterocycles. The molecule has 0 bridgehead atoms. The topological polar surface area (TPSA) is 86.0 Å². The van der Waals surface area contributed by atoms with Crippen LogP contribution in [0.5, 0.6) is 5.75 Å². The van der Waals surface area contributed by atoms with Gasteiger partial charge in [-0.3, -0.25) is 4.98 Å². The molecule has 2 aromatic heterocycles. The van der Waals surface area contributed by atoms with E-state index in [1.54, 1.807) is 13.3 Å². The third-order valence-corrected chi connectivity index (χ3v) is 2.44. The molecule has 0 unspecified atom stereocenters. The zero-order chi connectivity index (χ0) is 12.8. The SMILES string of the molecule is COc1c(N)ncnc1NCCc1ccccn1. The first-order valence-corrected chi connectivity index (χ1v) is 5.59. The van der Waals surface area contributed by atoms with Crippen molar-refractivity contribution in [3.63, 3.8) is 0 Å². The summed E-state index contributed by atoms with van der Waals surface area (Å²) >= 11 is 0. The average molecular weight is 245 g/mol. The molecule has 0 saturated carbocycles. The minimum atomic E-state index is 0.327. The molecule has 0 saturated heterocycles. The maximum absolute atomic E-state index is 5.69. The first kappa shape index (κ1) is 12.1. The summed E-state index contributed by atoms with van der Waals surface area (Å²) in [6.07, 6.45) is 3.98. The number of anilines is 2. The van der Waals surface area contributed by atoms with Crippen LogP contribution in [0.1, 0.15) is 5.69 Å². The van der Waals surface area contributed by atoms with Crippen molar-refractivity contribution >= 4 is 11.6 Å². The van der Waals surface area contributed by atoms with Crippen LogP contribution < -0.4 is 15.8 Å². The van der Waals surface area contributed by atoms with Gasteiger partial charge in [-0.2, -0.15) is 0 Å². The lowest BCUT2D eigenvalue weighted by Crippen LogP contribution is -2.10. The molecule has 0 aliphatic heterocycles. The molecule has 3 N–H and O–H groups in total. The van der Waals surface area contributed by atoms with Crippen LogP contribution in [-0.2, 0) is 6.42 Å². The van der Waals surface area contributed by atoms with E-state index in [4.69, 9.17) is 10.5 Å². The van der Waals surface area contributed by atoms with Crippen LogP contribution >= 0.6 is 0 Å². The standard InChI is InChI=1S/C12H15N5O/c1-18-10-11(13)16-8-17-12(10)15-7-5-9-4-2-3-6-14-9/h2-4,6,8H,5,7H2,1H3,(H3,13,15,16,17). The molecule has 6 heteroatoms. The summed E-state index contributed by atoms with van der Waals surface area (Å²) in [5.74, 6) is 1.40. The zero-order valence-electron chi connectivity index (χ0n) is 10.1. The summed E-state index contributed by atoms with van der Waals surface area (Å²) in [5.41, 5.74) is 6.71. The number of aromatic nitrogens is 3. The van der Waals surface area contributed by atoms with E-state index < -0.39 is 0 Å². The number of hydrogen-bond acceptors (Lipinski definition) is 6. The van der Waals surface area contributed by atoms with Crippen molar-refractivity contribution in [2.45, 2.75) is 6.42 Å². The molecular formula is C12H15N5O. The zero-order valence-corrected chi connectivity index (χ0v) is 10.1. The van der Waals surface area contributed by atoms with Gasteiger partial charge in [-0.05, 0) is 12.1 Å². The summed E-state index contributed by atoms with van der Waals surface area (Å²) in [5, 5.41) is 3.16. The predicted molar refractivity (Wildman–Crippen MR) is 69.4 cm³/mol. The highest BCUT2D eigenvalue weighted by Gasteiger charge is 2.08. The second-order valence-electron chi connectivity index (χ2n) is 3.64. The van der Waals surface area contributed by atoms with Crippen LogP contribution in [0.2, 0.25) is 0 Å². The summed E-state index contributed by atoms with van der Waals surface area (Å²) in [4.78, 5) is 12.2. The Morgan fingerprint density at radius 3 is 2.89 bits per heavy atom. The normalized spacial score (nSPS) is 10.1. The van der Waals surface area contributed by atoms with Gasteiger partial charge in [0.15, 0.2) is 11.6 Å². The molecule has 6 nitrogen and oxygen atoms in total. The van der Waals surface area contributed by atoms with Crippen LogP contribution in [-0.4, -0.2) is 28.6 Å². The van der Waals surface area contributed by atoms with Crippen LogP contribution in [0, 0.1) is 0 Å². The number of pyridine rings is 1. The van der Waals surface area contributed by atoms with Gasteiger partial charge in [-0.15, -0.1) is 0 Å². The Morgan fingerprint density at radius 1 is 1.28 bits per heavy atom. The third-order valence-electron chi connectivity index (χ3n) is 2.44. The Morgan fingerprint density at radius 2 is 2.17 bits per heavy atom. The maximum Gasteiger partial charge on any atom is 0.203 e. The molecule has 0 aliphatic carbocycles. The van der Waals surface area contributed by atoms with Gasteiger partial charge in [0.05, 0.1) is 7.11 Å². The van der Waals surface area contributed by atoms with E-state index in [9.17, 15) is 0 Å². The van der Waals surface area contributed by atoms with Gasteiger partial charge >= 0.3 is 0 Å². The van der Waals surface area contributed by atoms with Gasteiger partial charge in [0.1, 0.15) is 6.33 Å². The molecular weight excluding hydrogens is 230 g/mol. The Bertz CT molecular complexity index is 503. The van der Waals surface area contributed by atoms with Crippen molar-refractivity contribution in [3.8, 4) is 5.75 Å². The highest BCUT2D eigenvalue weighted by atomic mass is 16.5. The van der Waals surface area contributed by atoms with Crippen LogP contribution in [0.25, 0.3) is 0 Å². The number of ether oxygens (including phenoxy) is 1. The number of nitrogens with zero attached hydrogens (tertiary/aromatic N) is 3. The van der Waals surface area contributed by atoms with Gasteiger partial charge in [0.2, 0.25) is 5.75 Å². The first-order valence-electron chi connectivity index (χ1n) is 5.59.